The van der Waals surface area contributed by atoms with Gasteiger partial charge in [-0.05, 0) is 12.1 Å². The number of halogens is 1. The van der Waals surface area contributed by atoms with E-state index in [-0.39, 0.29) is 12.4 Å². The highest BCUT2D eigenvalue weighted by Gasteiger charge is 2.05. The zero-order valence-electron chi connectivity index (χ0n) is 8.85. The molecule has 4 nitrogen and oxygen atoms in total. The predicted molar refractivity (Wildman–Crippen MR) is 58.4 cm³/mol. The van der Waals surface area contributed by atoms with E-state index in [4.69, 9.17) is 10.5 Å². The lowest BCUT2D eigenvalue weighted by molar-refractivity contribution is 0.305. The summed E-state index contributed by atoms with van der Waals surface area (Å²) in [7, 11) is 1.75. The van der Waals surface area contributed by atoms with Gasteiger partial charge in [0.15, 0.2) is 0 Å². The maximum absolute atomic E-state index is 12.9. The van der Waals surface area contributed by atoms with Gasteiger partial charge in [0.05, 0.1) is 11.8 Å². The molecule has 2 N–H and O–H groups in total. The number of hydrogen-bond donors (Lipinski definition) is 1. The number of aromatic nitrogens is 2. The van der Waals surface area contributed by atoms with Crippen LogP contribution in [0.5, 0.6) is 5.75 Å². The summed E-state index contributed by atoms with van der Waals surface area (Å²) in [6.45, 7) is 0.281. The first kappa shape index (κ1) is 10.5. The lowest BCUT2D eigenvalue weighted by Gasteiger charge is -2.05. The molecule has 5 heteroatoms. The van der Waals surface area contributed by atoms with Crippen molar-refractivity contribution in [1.82, 2.24) is 9.78 Å². The predicted octanol–water partition coefficient (Wildman–Crippen LogP) is 1.72. The Balaban J connectivity index is 2.05. The molecule has 0 aliphatic carbocycles. The van der Waals surface area contributed by atoms with Crippen LogP contribution < -0.4 is 10.5 Å². The third kappa shape index (κ3) is 2.13. The van der Waals surface area contributed by atoms with Crippen molar-refractivity contribution in [2.45, 2.75) is 6.61 Å². The Labute approximate surface area is 92.4 Å². The zero-order valence-corrected chi connectivity index (χ0v) is 8.85. The summed E-state index contributed by atoms with van der Waals surface area (Å²) in [5.74, 6) is 0.705. The van der Waals surface area contributed by atoms with Gasteiger partial charge in [0.1, 0.15) is 24.0 Å². The summed E-state index contributed by atoms with van der Waals surface area (Å²) in [6.07, 6.45) is 1.63. The van der Waals surface area contributed by atoms with Crippen LogP contribution in [0.25, 0.3) is 0 Å². The summed E-state index contributed by atoms with van der Waals surface area (Å²) in [4.78, 5) is 0. The average molecular weight is 221 g/mol. The number of hydrogen-bond acceptors (Lipinski definition) is 3. The first-order chi connectivity index (χ1) is 7.66. The molecule has 0 unspecified atom stereocenters. The van der Waals surface area contributed by atoms with E-state index in [1.54, 1.807) is 30.1 Å². The molecule has 0 spiro atoms. The van der Waals surface area contributed by atoms with Gasteiger partial charge < -0.3 is 10.5 Å². The van der Waals surface area contributed by atoms with Crippen LogP contribution in [-0.2, 0) is 13.7 Å². The normalized spacial score (nSPS) is 10.4. The molecule has 1 heterocycles. The van der Waals surface area contributed by atoms with Crippen molar-refractivity contribution in [3.8, 4) is 5.75 Å². The lowest BCUT2D eigenvalue weighted by Crippen LogP contribution is -2.02. The first-order valence-electron chi connectivity index (χ1n) is 4.81. The Kier molecular flexibility index (Phi) is 2.76. The van der Waals surface area contributed by atoms with E-state index in [1.165, 1.54) is 12.1 Å². The van der Waals surface area contributed by atoms with E-state index >= 15 is 0 Å². The highest BCUT2D eigenvalue weighted by Crippen LogP contribution is 2.16. The molecule has 0 radical (unpaired) electrons. The number of benzene rings is 1. The zero-order chi connectivity index (χ0) is 11.5. The minimum Gasteiger partial charge on any atom is -0.489 e. The van der Waals surface area contributed by atoms with E-state index in [9.17, 15) is 4.39 Å². The number of nitrogen functional groups attached to an aromatic ring is 1. The highest BCUT2D eigenvalue weighted by atomic mass is 19.1. The number of nitrogens with zero attached hydrogens (tertiary/aromatic N) is 2. The minimum absolute atomic E-state index is 0.281. The van der Waals surface area contributed by atoms with E-state index in [2.05, 4.69) is 5.10 Å². The molecule has 16 heavy (non-hydrogen) atoms. The van der Waals surface area contributed by atoms with Crippen LogP contribution in [0.3, 0.4) is 0 Å². The monoisotopic (exact) mass is 221 g/mol. The molecule has 1 aromatic heterocycles. The quantitative estimate of drug-likeness (QED) is 0.858. The lowest BCUT2D eigenvalue weighted by atomic mass is 10.3. The summed E-state index contributed by atoms with van der Waals surface area (Å²) in [5.41, 5.74) is 6.53. The highest BCUT2D eigenvalue weighted by molar-refractivity contribution is 5.38. The Morgan fingerprint density at radius 1 is 1.50 bits per heavy atom. The van der Waals surface area contributed by atoms with Crippen LogP contribution in [0.1, 0.15) is 5.56 Å². The minimum atomic E-state index is -0.323. The second-order valence-electron chi connectivity index (χ2n) is 3.42. The summed E-state index contributed by atoms with van der Waals surface area (Å²) < 4.78 is 19.8. The van der Waals surface area contributed by atoms with Crippen LogP contribution >= 0.6 is 0 Å². The molecular formula is C11H12FN3O. The van der Waals surface area contributed by atoms with Gasteiger partial charge in [-0.3, -0.25) is 4.68 Å². The Morgan fingerprint density at radius 3 is 2.94 bits per heavy atom. The van der Waals surface area contributed by atoms with Crippen molar-refractivity contribution < 1.29 is 9.13 Å². The molecule has 0 atom stereocenters. The Bertz CT molecular complexity index is 496. The van der Waals surface area contributed by atoms with Gasteiger partial charge in [0, 0.05) is 13.1 Å². The maximum atomic E-state index is 12.9. The summed E-state index contributed by atoms with van der Waals surface area (Å²) in [5, 5.41) is 3.98. The van der Waals surface area contributed by atoms with Crippen molar-refractivity contribution in [2.75, 3.05) is 5.73 Å². The van der Waals surface area contributed by atoms with Gasteiger partial charge in [-0.15, -0.1) is 0 Å². The fourth-order valence-corrected chi connectivity index (χ4v) is 1.32. The van der Waals surface area contributed by atoms with Gasteiger partial charge in [0.2, 0.25) is 0 Å². The number of rotatable bonds is 3. The van der Waals surface area contributed by atoms with Gasteiger partial charge in [-0.1, -0.05) is 6.07 Å². The van der Waals surface area contributed by atoms with Gasteiger partial charge in [-0.2, -0.15) is 5.10 Å². The van der Waals surface area contributed by atoms with E-state index < -0.39 is 0 Å². The van der Waals surface area contributed by atoms with Crippen LogP contribution in [0, 0.1) is 5.82 Å². The molecule has 0 aliphatic heterocycles. The molecule has 0 bridgehead atoms. The van der Waals surface area contributed by atoms with Crippen LogP contribution in [0.2, 0.25) is 0 Å². The van der Waals surface area contributed by atoms with Crippen molar-refractivity contribution >= 4 is 5.82 Å². The number of anilines is 1. The van der Waals surface area contributed by atoms with Crippen molar-refractivity contribution in [2.24, 2.45) is 7.05 Å². The molecule has 0 saturated heterocycles. The second-order valence-corrected chi connectivity index (χ2v) is 3.42. The van der Waals surface area contributed by atoms with E-state index in [0.29, 0.717) is 11.6 Å². The number of aryl methyl sites for hydroxylation is 1. The standard InChI is InChI=1S/C11H12FN3O/c1-15-11(13)8(6-14-15)7-16-10-4-2-3-9(12)5-10/h2-6H,7,13H2,1H3. The fraction of sp³-hybridized carbons (Fsp3) is 0.182. The van der Waals surface area contributed by atoms with Gasteiger partial charge in [0.25, 0.3) is 0 Å². The van der Waals surface area contributed by atoms with E-state index in [1.807, 2.05) is 0 Å². The van der Waals surface area contributed by atoms with Crippen molar-refractivity contribution in [3.63, 3.8) is 0 Å². The third-order valence-corrected chi connectivity index (χ3v) is 2.25. The van der Waals surface area contributed by atoms with Gasteiger partial charge in [-0.25, -0.2) is 4.39 Å². The third-order valence-electron chi connectivity index (χ3n) is 2.25. The Hall–Kier alpha value is -2.04. The molecule has 84 valence electrons. The smallest absolute Gasteiger partial charge is 0.127 e. The molecular weight excluding hydrogens is 209 g/mol. The SMILES string of the molecule is Cn1ncc(COc2cccc(F)c2)c1N. The largest absolute Gasteiger partial charge is 0.489 e. The van der Waals surface area contributed by atoms with Crippen LogP contribution in [0.4, 0.5) is 10.2 Å². The van der Waals surface area contributed by atoms with Crippen LogP contribution in [-0.4, -0.2) is 9.78 Å². The molecule has 0 fully saturated rings. The molecule has 2 aromatic rings. The first-order valence-corrected chi connectivity index (χ1v) is 4.81. The van der Waals surface area contributed by atoms with E-state index in [0.717, 1.165) is 5.56 Å². The van der Waals surface area contributed by atoms with Crippen LogP contribution in [0.15, 0.2) is 30.5 Å². The Morgan fingerprint density at radius 2 is 2.31 bits per heavy atom. The topological polar surface area (TPSA) is 53.1 Å². The fourth-order valence-electron chi connectivity index (χ4n) is 1.32. The average Bonchev–Trinajstić information content (AvgIpc) is 2.57. The molecule has 2 rings (SSSR count). The van der Waals surface area contributed by atoms with Crippen molar-refractivity contribution in [1.29, 1.82) is 0 Å². The number of nitrogens with two attached hydrogens (primary N) is 1. The maximum Gasteiger partial charge on any atom is 0.127 e. The molecule has 0 amide bonds. The summed E-state index contributed by atoms with van der Waals surface area (Å²) in [6, 6.07) is 5.98. The summed E-state index contributed by atoms with van der Waals surface area (Å²) >= 11 is 0. The number of ether oxygens (including phenoxy) is 1. The second kappa shape index (κ2) is 4.22. The molecule has 0 saturated carbocycles. The molecule has 0 aliphatic rings. The molecule has 1 aromatic carbocycles. The van der Waals surface area contributed by atoms with Gasteiger partial charge >= 0.3 is 0 Å². The van der Waals surface area contributed by atoms with Crippen molar-refractivity contribution in [3.05, 3.63) is 41.8 Å².